The van der Waals surface area contributed by atoms with Gasteiger partial charge in [-0.3, -0.25) is 4.79 Å². The molecule has 0 aliphatic carbocycles. The van der Waals surface area contributed by atoms with Gasteiger partial charge >= 0.3 is 5.97 Å². The number of anilines is 1. The molecule has 0 atom stereocenters. The Morgan fingerprint density at radius 2 is 2.47 bits per heavy atom. The van der Waals surface area contributed by atoms with E-state index in [0.717, 1.165) is 0 Å². The maximum atomic E-state index is 10.7. The highest BCUT2D eigenvalue weighted by atomic mass is 16.5. The first-order valence-electron chi connectivity index (χ1n) is 4.86. The maximum Gasteiger partial charge on any atom is 0.323 e. The molecule has 0 aromatic carbocycles. The van der Waals surface area contributed by atoms with Crippen molar-refractivity contribution in [2.24, 2.45) is 0 Å². The van der Waals surface area contributed by atoms with Crippen molar-refractivity contribution in [2.75, 3.05) is 31.7 Å². The standard InChI is InChI=1S/C10H12N4O3/c1-17-5-4-14(7-9(15)16)10-8(6-11)2-3-12-13-10/h2-3H,4-5,7H2,1H3,(H,15,16). The van der Waals surface area contributed by atoms with Crippen molar-refractivity contribution in [2.45, 2.75) is 0 Å². The first-order valence-corrected chi connectivity index (χ1v) is 4.86. The van der Waals surface area contributed by atoms with Gasteiger partial charge in [0.15, 0.2) is 5.82 Å². The van der Waals surface area contributed by atoms with Crippen LogP contribution in [0.15, 0.2) is 12.3 Å². The lowest BCUT2D eigenvalue weighted by Crippen LogP contribution is -2.34. The number of hydrogen-bond acceptors (Lipinski definition) is 6. The summed E-state index contributed by atoms with van der Waals surface area (Å²) >= 11 is 0. The molecule has 7 nitrogen and oxygen atoms in total. The fourth-order valence-corrected chi connectivity index (χ4v) is 1.27. The lowest BCUT2D eigenvalue weighted by molar-refractivity contribution is -0.135. The van der Waals surface area contributed by atoms with Crippen LogP contribution in [0.4, 0.5) is 5.82 Å². The van der Waals surface area contributed by atoms with Crippen LogP contribution in [0, 0.1) is 11.3 Å². The molecule has 0 radical (unpaired) electrons. The molecule has 1 N–H and O–H groups in total. The van der Waals surface area contributed by atoms with Crippen molar-refractivity contribution >= 4 is 11.8 Å². The predicted molar refractivity (Wildman–Crippen MR) is 58.5 cm³/mol. The molecule has 0 aliphatic rings. The van der Waals surface area contributed by atoms with Crippen LogP contribution in [0.3, 0.4) is 0 Å². The molecule has 1 heterocycles. The molecule has 0 aliphatic heterocycles. The lowest BCUT2D eigenvalue weighted by Gasteiger charge is -2.21. The molecule has 7 heteroatoms. The second-order valence-electron chi connectivity index (χ2n) is 3.19. The predicted octanol–water partition coefficient (Wildman–Crippen LogP) is -0.114. The summed E-state index contributed by atoms with van der Waals surface area (Å²) in [7, 11) is 1.51. The molecule has 90 valence electrons. The SMILES string of the molecule is COCCN(CC(=O)O)c1nnccc1C#N. The number of hydrogen-bond donors (Lipinski definition) is 1. The minimum atomic E-state index is -1.00. The van der Waals surface area contributed by atoms with E-state index >= 15 is 0 Å². The second kappa shape index (κ2) is 6.40. The average molecular weight is 236 g/mol. The first kappa shape index (κ1) is 12.9. The van der Waals surface area contributed by atoms with E-state index in [9.17, 15) is 4.79 Å². The van der Waals surface area contributed by atoms with Gasteiger partial charge in [0.2, 0.25) is 0 Å². The Hall–Kier alpha value is -2.20. The highest BCUT2D eigenvalue weighted by Gasteiger charge is 2.15. The van der Waals surface area contributed by atoms with Crippen molar-refractivity contribution in [3.8, 4) is 6.07 Å². The molecular formula is C10H12N4O3. The summed E-state index contributed by atoms with van der Waals surface area (Å²) in [5.74, 6) is -0.745. The number of nitrogens with zero attached hydrogens (tertiary/aromatic N) is 4. The molecule has 0 saturated carbocycles. The van der Waals surface area contributed by atoms with E-state index in [1.165, 1.54) is 24.3 Å². The van der Waals surface area contributed by atoms with Gasteiger partial charge in [0.25, 0.3) is 0 Å². The summed E-state index contributed by atoms with van der Waals surface area (Å²) in [4.78, 5) is 12.2. The molecule has 0 spiro atoms. The van der Waals surface area contributed by atoms with Gasteiger partial charge in [0, 0.05) is 13.7 Å². The van der Waals surface area contributed by atoms with Crippen molar-refractivity contribution in [3.63, 3.8) is 0 Å². The number of ether oxygens (including phenoxy) is 1. The molecule has 0 fully saturated rings. The highest BCUT2D eigenvalue weighted by Crippen LogP contribution is 2.14. The van der Waals surface area contributed by atoms with E-state index < -0.39 is 5.97 Å². The van der Waals surface area contributed by atoms with E-state index in [1.807, 2.05) is 6.07 Å². The van der Waals surface area contributed by atoms with Crippen molar-refractivity contribution < 1.29 is 14.6 Å². The van der Waals surface area contributed by atoms with Gasteiger partial charge in [0.05, 0.1) is 18.4 Å². The largest absolute Gasteiger partial charge is 0.480 e. The Morgan fingerprint density at radius 3 is 3.06 bits per heavy atom. The fraction of sp³-hybridized carbons (Fsp3) is 0.400. The fourth-order valence-electron chi connectivity index (χ4n) is 1.27. The number of carbonyl (C=O) groups is 1. The Balaban J connectivity index is 2.95. The summed E-state index contributed by atoms with van der Waals surface area (Å²) in [6.45, 7) is 0.418. The minimum Gasteiger partial charge on any atom is -0.480 e. The summed E-state index contributed by atoms with van der Waals surface area (Å²) in [6.07, 6.45) is 1.39. The first-order chi connectivity index (χ1) is 8.19. The van der Waals surface area contributed by atoms with Crippen LogP contribution in [0.5, 0.6) is 0 Å². The molecule has 0 bridgehead atoms. The number of aromatic nitrogens is 2. The summed E-state index contributed by atoms with van der Waals surface area (Å²) in [5, 5.41) is 25.1. The van der Waals surface area contributed by atoms with E-state index in [0.29, 0.717) is 13.2 Å². The molecule has 1 aromatic rings. The molecule has 17 heavy (non-hydrogen) atoms. The number of carboxylic acid groups (broad SMARTS) is 1. The third kappa shape index (κ3) is 3.70. The summed E-state index contributed by atoms with van der Waals surface area (Å²) < 4.78 is 4.88. The maximum absolute atomic E-state index is 10.7. The Morgan fingerprint density at radius 1 is 1.71 bits per heavy atom. The van der Waals surface area contributed by atoms with Gasteiger partial charge in [-0.1, -0.05) is 0 Å². The van der Waals surface area contributed by atoms with Gasteiger partial charge in [-0.2, -0.15) is 10.4 Å². The Bertz CT molecular complexity index is 430. The molecule has 1 rings (SSSR count). The quantitative estimate of drug-likeness (QED) is 0.735. The number of carboxylic acids is 1. The average Bonchev–Trinajstić information content (AvgIpc) is 2.34. The Kier molecular flexibility index (Phi) is 4.84. The molecule has 1 aromatic heterocycles. The van der Waals surface area contributed by atoms with Gasteiger partial charge in [-0.15, -0.1) is 5.10 Å². The highest BCUT2D eigenvalue weighted by molar-refractivity contribution is 5.74. The monoisotopic (exact) mass is 236 g/mol. The Labute approximate surface area is 98.3 Å². The third-order valence-corrected chi connectivity index (χ3v) is 2.01. The summed E-state index contributed by atoms with van der Waals surface area (Å²) in [6, 6.07) is 3.44. The van der Waals surface area contributed by atoms with Crippen LogP contribution in [-0.4, -0.2) is 48.1 Å². The van der Waals surface area contributed by atoms with Gasteiger partial charge in [-0.05, 0) is 6.07 Å². The minimum absolute atomic E-state index is 0.253. The van der Waals surface area contributed by atoms with Gasteiger partial charge in [-0.25, -0.2) is 0 Å². The number of methoxy groups -OCH3 is 1. The second-order valence-corrected chi connectivity index (χ2v) is 3.19. The topological polar surface area (TPSA) is 99.3 Å². The van der Waals surface area contributed by atoms with Crippen molar-refractivity contribution in [3.05, 3.63) is 17.8 Å². The normalized spacial score (nSPS) is 9.65. The molecular weight excluding hydrogens is 224 g/mol. The van der Waals surface area contributed by atoms with Crippen LogP contribution >= 0.6 is 0 Å². The zero-order valence-corrected chi connectivity index (χ0v) is 9.33. The van der Waals surface area contributed by atoms with Gasteiger partial charge in [0.1, 0.15) is 12.6 Å². The van der Waals surface area contributed by atoms with E-state index in [-0.39, 0.29) is 17.9 Å². The summed E-state index contributed by atoms with van der Waals surface area (Å²) in [5.41, 5.74) is 0.289. The van der Waals surface area contributed by atoms with Crippen LogP contribution in [-0.2, 0) is 9.53 Å². The molecule has 0 unspecified atom stereocenters. The zero-order valence-electron chi connectivity index (χ0n) is 9.33. The lowest BCUT2D eigenvalue weighted by atomic mass is 10.3. The van der Waals surface area contributed by atoms with Crippen LogP contribution in [0.2, 0.25) is 0 Å². The van der Waals surface area contributed by atoms with Crippen LogP contribution in [0.1, 0.15) is 5.56 Å². The van der Waals surface area contributed by atoms with E-state index in [1.54, 1.807) is 0 Å². The van der Waals surface area contributed by atoms with E-state index in [2.05, 4.69) is 10.2 Å². The smallest absolute Gasteiger partial charge is 0.323 e. The van der Waals surface area contributed by atoms with Gasteiger partial charge < -0.3 is 14.7 Å². The zero-order chi connectivity index (χ0) is 12.7. The van der Waals surface area contributed by atoms with Crippen molar-refractivity contribution in [1.82, 2.24) is 10.2 Å². The van der Waals surface area contributed by atoms with E-state index in [4.69, 9.17) is 15.1 Å². The van der Waals surface area contributed by atoms with Crippen LogP contribution in [0.25, 0.3) is 0 Å². The number of rotatable bonds is 6. The van der Waals surface area contributed by atoms with Crippen LogP contribution < -0.4 is 4.90 Å². The third-order valence-electron chi connectivity index (χ3n) is 2.01. The number of aliphatic carboxylic acids is 1. The number of nitriles is 1. The molecule has 0 saturated heterocycles. The molecule has 0 amide bonds. The van der Waals surface area contributed by atoms with Crippen molar-refractivity contribution in [1.29, 1.82) is 5.26 Å².